The number of halogens is 5. The normalized spacial score (nSPS) is 19.2. The molecule has 1 unspecified atom stereocenters. The largest absolute Gasteiger partial charge is 0.490 e. The summed E-state index contributed by atoms with van der Waals surface area (Å²) in [5.41, 5.74) is 0.000302. The van der Waals surface area contributed by atoms with Crippen LogP contribution in [0.5, 0.6) is 5.88 Å². The Morgan fingerprint density at radius 3 is 2.52 bits per heavy atom. The average Bonchev–Trinajstić information content (AvgIpc) is 2.74. The van der Waals surface area contributed by atoms with Crippen molar-refractivity contribution in [2.45, 2.75) is 30.7 Å². The van der Waals surface area contributed by atoms with Gasteiger partial charge in [0.2, 0.25) is 5.88 Å². The van der Waals surface area contributed by atoms with Crippen molar-refractivity contribution in [3.05, 3.63) is 59.0 Å². The summed E-state index contributed by atoms with van der Waals surface area (Å²) in [5.74, 6) is -2.86. The summed E-state index contributed by atoms with van der Waals surface area (Å²) in [4.78, 5) is 27.3. The predicted molar refractivity (Wildman–Crippen MR) is 108 cm³/mol. The van der Waals surface area contributed by atoms with Crippen molar-refractivity contribution in [2.75, 3.05) is 19.7 Å². The molecule has 178 valence electrons. The van der Waals surface area contributed by atoms with Crippen LogP contribution < -0.4 is 4.74 Å². The van der Waals surface area contributed by atoms with Crippen LogP contribution in [0.2, 0.25) is 5.02 Å². The molecule has 7 nitrogen and oxygen atoms in total. The van der Waals surface area contributed by atoms with Crippen LogP contribution in [0.4, 0.5) is 17.6 Å². The Morgan fingerprint density at radius 2 is 1.94 bits per heavy atom. The van der Waals surface area contributed by atoms with Crippen molar-refractivity contribution in [3.8, 4) is 5.88 Å². The summed E-state index contributed by atoms with van der Waals surface area (Å²) in [6.45, 7) is 1.56. The van der Waals surface area contributed by atoms with Gasteiger partial charge in [-0.05, 0) is 24.3 Å². The number of amides is 1. The first-order valence-corrected chi connectivity index (χ1v) is 10.1. The molecule has 2 aliphatic heterocycles. The van der Waals surface area contributed by atoms with Crippen LogP contribution in [0.25, 0.3) is 0 Å². The van der Waals surface area contributed by atoms with E-state index in [0.29, 0.717) is 37.6 Å². The molecule has 1 aromatic carbocycles. The molecule has 1 spiro atoms. The maximum absolute atomic E-state index is 13.3. The summed E-state index contributed by atoms with van der Waals surface area (Å²) >= 11 is 5.77. The quantitative estimate of drug-likeness (QED) is 0.655. The first kappa shape index (κ1) is 24.7. The van der Waals surface area contributed by atoms with Gasteiger partial charge in [0.15, 0.2) is 0 Å². The number of nitrogens with zero attached hydrogens (tertiary/aromatic N) is 2. The van der Waals surface area contributed by atoms with Crippen LogP contribution >= 0.6 is 11.6 Å². The smallest absolute Gasteiger partial charge is 0.475 e. The molecule has 0 radical (unpaired) electrons. The maximum atomic E-state index is 13.3. The summed E-state index contributed by atoms with van der Waals surface area (Å²) in [6.07, 6.45) is -1.88. The molecular formula is C21H19ClF4N2O5. The lowest BCUT2D eigenvalue weighted by molar-refractivity contribution is -0.192. The number of carboxylic acid groups (broad SMARTS) is 1. The van der Waals surface area contributed by atoms with Gasteiger partial charge in [-0.1, -0.05) is 17.7 Å². The van der Waals surface area contributed by atoms with Gasteiger partial charge >= 0.3 is 12.1 Å². The van der Waals surface area contributed by atoms with Crippen molar-refractivity contribution in [1.29, 1.82) is 0 Å². The summed E-state index contributed by atoms with van der Waals surface area (Å²) in [5, 5.41) is 7.07. The van der Waals surface area contributed by atoms with Gasteiger partial charge in [-0.3, -0.25) is 4.79 Å². The molecule has 1 amide bonds. The SMILES string of the molecule is O=C(O)C(F)(F)F.O=C(c1ccc(F)c(Cl)c1)N1CC2(CC(Oc3ccccn3)CCO2)C1. The Hall–Kier alpha value is -2.92. The van der Waals surface area contributed by atoms with E-state index in [2.05, 4.69) is 4.98 Å². The van der Waals surface area contributed by atoms with Crippen molar-refractivity contribution in [2.24, 2.45) is 0 Å². The number of carboxylic acids is 1. The minimum absolute atomic E-state index is 0.0103. The molecule has 2 aromatic rings. The molecule has 0 bridgehead atoms. The van der Waals surface area contributed by atoms with Crippen LogP contribution in [0.15, 0.2) is 42.6 Å². The molecule has 1 aromatic heterocycles. The van der Waals surface area contributed by atoms with Crippen molar-refractivity contribution in [3.63, 3.8) is 0 Å². The minimum Gasteiger partial charge on any atom is -0.475 e. The molecule has 1 atom stereocenters. The van der Waals surface area contributed by atoms with Gasteiger partial charge in [0.1, 0.15) is 17.5 Å². The lowest BCUT2D eigenvalue weighted by Gasteiger charge is -2.52. The van der Waals surface area contributed by atoms with E-state index in [4.69, 9.17) is 31.0 Å². The van der Waals surface area contributed by atoms with Crippen molar-refractivity contribution in [1.82, 2.24) is 9.88 Å². The Kier molecular flexibility index (Phi) is 7.43. The zero-order chi connectivity index (χ0) is 24.2. The Bertz CT molecular complexity index is 1000. The Labute approximate surface area is 190 Å². The van der Waals surface area contributed by atoms with E-state index in [0.717, 1.165) is 6.42 Å². The Morgan fingerprint density at radius 1 is 1.24 bits per heavy atom. The second-order valence-corrected chi connectivity index (χ2v) is 7.93. The molecule has 33 heavy (non-hydrogen) atoms. The molecule has 1 N–H and O–H groups in total. The van der Waals surface area contributed by atoms with E-state index >= 15 is 0 Å². The molecular weight excluding hydrogens is 472 g/mol. The van der Waals surface area contributed by atoms with Gasteiger partial charge < -0.3 is 19.5 Å². The molecule has 2 aliphatic rings. The molecule has 0 aliphatic carbocycles. The van der Waals surface area contributed by atoms with Gasteiger partial charge in [-0.15, -0.1) is 0 Å². The Balaban J connectivity index is 0.000000383. The van der Waals surface area contributed by atoms with E-state index in [1.807, 2.05) is 18.2 Å². The molecule has 3 heterocycles. The number of benzene rings is 1. The minimum atomic E-state index is -5.08. The fourth-order valence-corrected chi connectivity index (χ4v) is 3.68. The van der Waals surface area contributed by atoms with Crippen LogP contribution in [0, 0.1) is 5.82 Å². The number of carbonyl (C=O) groups is 2. The number of ether oxygens (including phenoxy) is 2. The van der Waals surface area contributed by atoms with Gasteiger partial charge in [-0.2, -0.15) is 13.2 Å². The van der Waals surface area contributed by atoms with Crippen LogP contribution in [-0.2, 0) is 9.53 Å². The monoisotopic (exact) mass is 490 g/mol. The second kappa shape index (κ2) is 9.92. The van der Waals surface area contributed by atoms with Crippen LogP contribution in [0.3, 0.4) is 0 Å². The number of hydrogen-bond acceptors (Lipinski definition) is 5. The highest BCUT2D eigenvalue weighted by Crippen LogP contribution is 2.36. The zero-order valence-electron chi connectivity index (χ0n) is 17.0. The highest BCUT2D eigenvalue weighted by Gasteiger charge is 2.50. The predicted octanol–water partition coefficient (Wildman–Crippen LogP) is 3.96. The number of aliphatic carboxylic acids is 1. The lowest BCUT2D eigenvalue weighted by Crippen LogP contribution is -2.67. The van der Waals surface area contributed by atoms with Crippen molar-refractivity contribution < 1.29 is 41.7 Å². The van der Waals surface area contributed by atoms with Gasteiger partial charge in [-0.25, -0.2) is 14.2 Å². The number of aromatic nitrogens is 1. The number of carbonyl (C=O) groups excluding carboxylic acids is 1. The zero-order valence-corrected chi connectivity index (χ0v) is 17.8. The van der Waals surface area contributed by atoms with E-state index in [-0.39, 0.29) is 22.6 Å². The molecule has 2 fully saturated rings. The first-order valence-electron chi connectivity index (χ1n) is 9.75. The van der Waals surface area contributed by atoms with Crippen LogP contribution in [0.1, 0.15) is 23.2 Å². The van der Waals surface area contributed by atoms with E-state index in [1.54, 1.807) is 11.1 Å². The molecule has 4 rings (SSSR count). The average molecular weight is 491 g/mol. The van der Waals surface area contributed by atoms with Crippen LogP contribution in [-0.4, -0.2) is 64.4 Å². The fourth-order valence-electron chi connectivity index (χ4n) is 3.50. The summed E-state index contributed by atoms with van der Waals surface area (Å²) in [6, 6.07) is 9.57. The summed E-state index contributed by atoms with van der Waals surface area (Å²) in [7, 11) is 0. The van der Waals surface area contributed by atoms with Crippen molar-refractivity contribution >= 4 is 23.5 Å². The number of pyridine rings is 1. The first-order chi connectivity index (χ1) is 15.5. The third kappa shape index (κ3) is 6.32. The highest BCUT2D eigenvalue weighted by molar-refractivity contribution is 6.31. The standard InChI is InChI=1S/C19H18ClFN2O3.C2HF3O2/c20-15-9-13(4-5-16(15)21)18(24)23-11-19(12-23)10-14(6-8-25-19)26-17-3-1-2-7-22-17;3-2(4,5)1(6)7/h1-5,7,9,14H,6,8,10-12H2;(H,6,7). The number of hydrogen-bond donors (Lipinski definition) is 1. The second-order valence-electron chi connectivity index (χ2n) is 7.53. The summed E-state index contributed by atoms with van der Waals surface area (Å²) < 4.78 is 56.9. The topological polar surface area (TPSA) is 89.0 Å². The van der Waals surface area contributed by atoms with Gasteiger partial charge in [0.05, 0.1) is 24.7 Å². The highest BCUT2D eigenvalue weighted by atomic mass is 35.5. The third-order valence-corrected chi connectivity index (χ3v) is 5.32. The molecule has 2 saturated heterocycles. The molecule has 12 heteroatoms. The van der Waals surface area contributed by atoms with Gasteiger partial charge in [0.25, 0.3) is 5.91 Å². The van der Waals surface area contributed by atoms with E-state index in [9.17, 15) is 22.4 Å². The van der Waals surface area contributed by atoms with E-state index < -0.39 is 18.0 Å². The number of likely N-dealkylation sites (tertiary alicyclic amines) is 1. The van der Waals surface area contributed by atoms with Gasteiger partial charge in [0, 0.05) is 30.7 Å². The molecule has 0 saturated carbocycles. The fraction of sp³-hybridized carbons (Fsp3) is 0.381. The third-order valence-electron chi connectivity index (χ3n) is 5.03. The number of alkyl halides is 3. The maximum Gasteiger partial charge on any atom is 0.490 e. The van der Waals surface area contributed by atoms with E-state index in [1.165, 1.54) is 18.2 Å². The lowest BCUT2D eigenvalue weighted by atomic mass is 9.84. The number of rotatable bonds is 3.